The standard InChI is InChI=1S/C18H21ClN2O6/c1-3-20-15(22)9-21(4-2)16(23)10-25-17(24)6-5-12-7-13(19)18-14(8-12)26-11-27-18/h5-8H,3-4,9-11H2,1-2H3,(H,20,22)/b6-5+. The van der Waals surface area contributed by atoms with Gasteiger partial charge in [0.25, 0.3) is 5.91 Å². The van der Waals surface area contributed by atoms with Crippen LogP contribution in [-0.2, 0) is 19.1 Å². The molecule has 9 heteroatoms. The lowest BCUT2D eigenvalue weighted by molar-refractivity contribution is -0.148. The number of halogens is 1. The maximum absolute atomic E-state index is 12.1. The van der Waals surface area contributed by atoms with Crippen LogP contribution in [0.25, 0.3) is 6.08 Å². The minimum atomic E-state index is -0.689. The van der Waals surface area contributed by atoms with E-state index in [2.05, 4.69) is 5.32 Å². The molecule has 146 valence electrons. The highest BCUT2D eigenvalue weighted by Crippen LogP contribution is 2.40. The molecule has 0 saturated heterocycles. The van der Waals surface area contributed by atoms with Gasteiger partial charge in [-0.1, -0.05) is 11.6 Å². The summed E-state index contributed by atoms with van der Waals surface area (Å²) in [7, 11) is 0. The first-order chi connectivity index (χ1) is 12.9. The van der Waals surface area contributed by atoms with Crippen LogP contribution >= 0.6 is 11.6 Å². The van der Waals surface area contributed by atoms with Crippen molar-refractivity contribution in [2.45, 2.75) is 13.8 Å². The van der Waals surface area contributed by atoms with Crippen LogP contribution < -0.4 is 14.8 Å². The highest BCUT2D eigenvalue weighted by molar-refractivity contribution is 6.32. The molecule has 2 rings (SSSR count). The molecule has 0 aliphatic carbocycles. The molecule has 2 amide bonds. The molecule has 0 saturated carbocycles. The number of nitrogens with one attached hydrogen (secondary N) is 1. The van der Waals surface area contributed by atoms with Crippen molar-refractivity contribution in [2.24, 2.45) is 0 Å². The van der Waals surface area contributed by atoms with Crippen LogP contribution in [0.1, 0.15) is 19.4 Å². The SMILES string of the molecule is CCNC(=O)CN(CC)C(=O)COC(=O)/C=C/c1cc(Cl)c2c(c1)OCO2. The lowest BCUT2D eigenvalue weighted by Crippen LogP contribution is -2.42. The molecule has 0 unspecified atom stereocenters. The predicted molar refractivity (Wildman–Crippen MR) is 98.5 cm³/mol. The summed E-state index contributed by atoms with van der Waals surface area (Å²) in [5.74, 6) is -0.440. The molecule has 8 nitrogen and oxygen atoms in total. The molecule has 0 aromatic heterocycles. The Morgan fingerprint density at radius 2 is 2.07 bits per heavy atom. The predicted octanol–water partition coefficient (Wildman–Crippen LogP) is 1.61. The summed E-state index contributed by atoms with van der Waals surface area (Å²) in [6, 6.07) is 3.30. The van der Waals surface area contributed by atoms with Gasteiger partial charge in [0.1, 0.15) is 0 Å². The van der Waals surface area contributed by atoms with Crippen LogP contribution in [0.2, 0.25) is 5.02 Å². The zero-order valence-corrected chi connectivity index (χ0v) is 15.9. The molecule has 0 atom stereocenters. The monoisotopic (exact) mass is 396 g/mol. The van der Waals surface area contributed by atoms with E-state index in [-0.39, 0.29) is 19.2 Å². The number of esters is 1. The van der Waals surface area contributed by atoms with Crippen LogP contribution in [0.3, 0.4) is 0 Å². The van der Waals surface area contributed by atoms with E-state index in [4.69, 9.17) is 25.8 Å². The van der Waals surface area contributed by atoms with Crippen LogP contribution in [-0.4, -0.2) is 55.7 Å². The van der Waals surface area contributed by atoms with E-state index in [1.165, 1.54) is 17.1 Å². The highest BCUT2D eigenvalue weighted by atomic mass is 35.5. The Bertz CT molecular complexity index is 750. The number of carbonyl (C=O) groups excluding carboxylic acids is 3. The Morgan fingerprint density at radius 3 is 2.78 bits per heavy atom. The average molecular weight is 397 g/mol. The number of benzene rings is 1. The molecule has 1 heterocycles. The van der Waals surface area contributed by atoms with Crippen LogP contribution in [0, 0.1) is 0 Å². The normalized spacial score (nSPS) is 12.1. The summed E-state index contributed by atoms with van der Waals surface area (Å²) in [4.78, 5) is 36.8. The molecular weight excluding hydrogens is 376 g/mol. The van der Waals surface area contributed by atoms with E-state index in [0.717, 1.165) is 0 Å². The minimum absolute atomic E-state index is 0.0771. The highest BCUT2D eigenvalue weighted by Gasteiger charge is 2.18. The van der Waals surface area contributed by atoms with Crippen molar-refractivity contribution in [3.8, 4) is 11.5 Å². The van der Waals surface area contributed by atoms with Gasteiger partial charge in [-0.15, -0.1) is 0 Å². The van der Waals surface area contributed by atoms with Gasteiger partial charge >= 0.3 is 5.97 Å². The van der Waals surface area contributed by atoms with Crippen molar-refractivity contribution in [2.75, 3.05) is 33.0 Å². The maximum atomic E-state index is 12.1. The second-order valence-corrected chi connectivity index (χ2v) is 5.95. The smallest absolute Gasteiger partial charge is 0.331 e. The number of hydrogen-bond acceptors (Lipinski definition) is 6. The maximum Gasteiger partial charge on any atom is 0.331 e. The van der Waals surface area contributed by atoms with Gasteiger partial charge in [0.2, 0.25) is 12.7 Å². The van der Waals surface area contributed by atoms with E-state index >= 15 is 0 Å². The molecular formula is C18H21ClN2O6. The summed E-state index contributed by atoms with van der Waals surface area (Å²) in [5, 5.41) is 2.98. The average Bonchev–Trinajstić information content (AvgIpc) is 3.12. The van der Waals surface area contributed by atoms with Crippen LogP contribution in [0.4, 0.5) is 0 Å². The third-order valence-corrected chi connectivity index (χ3v) is 3.92. The fourth-order valence-corrected chi connectivity index (χ4v) is 2.60. The van der Waals surface area contributed by atoms with Crippen LogP contribution in [0.5, 0.6) is 11.5 Å². The zero-order chi connectivity index (χ0) is 19.8. The van der Waals surface area contributed by atoms with E-state index in [0.29, 0.717) is 35.2 Å². The fourth-order valence-electron chi connectivity index (χ4n) is 2.32. The lowest BCUT2D eigenvalue weighted by atomic mass is 10.2. The number of carbonyl (C=O) groups is 3. The topological polar surface area (TPSA) is 94.2 Å². The van der Waals surface area contributed by atoms with Gasteiger partial charge in [-0.25, -0.2) is 4.79 Å². The Balaban J connectivity index is 1.86. The zero-order valence-electron chi connectivity index (χ0n) is 15.1. The summed E-state index contributed by atoms with van der Waals surface area (Å²) in [5.41, 5.74) is 0.624. The number of rotatable bonds is 8. The molecule has 0 fully saturated rings. The summed E-state index contributed by atoms with van der Waals surface area (Å²) >= 11 is 6.07. The van der Waals surface area contributed by atoms with Gasteiger partial charge in [0, 0.05) is 19.2 Å². The van der Waals surface area contributed by atoms with Gasteiger partial charge in [-0.2, -0.15) is 0 Å². The number of ether oxygens (including phenoxy) is 3. The third kappa shape index (κ3) is 5.89. The first-order valence-corrected chi connectivity index (χ1v) is 8.80. The molecule has 1 aromatic carbocycles. The molecule has 27 heavy (non-hydrogen) atoms. The largest absolute Gasteiger partial charge is 0.454 e. The van der Waals surface area contributed by atoms with Crippen molar-refractivity contribution in [3.05, 3.63) is 28.8 Å². The quantitative estimate of drug-likeness (QED) is 0.530. The van der Waals surface area contributed by atoms with E-state index in [1.807, 2.05) is 0 Å². The third-order valence-electron chi connectivity index (χ3n) is 3.64. The van der Waals surface area contributed by atoms with Crippen molar-refractivity contribution in [1.82, 2.24) is 10.2 Å². The number of nitrogens with zero attached hydrogens (tertiary/aromatic N) is 1. The molecule has 1 aromatic rings. The number of fused-ring (bicyclic) bond motifs is 1. The summed E-state index contributed by atoms with van der Waals surface area (Å²) in [6.07, 6.45) is 2.67. The van der Waals surface area contributed by atoms with Gasteiger partial charge in [-0.3, -0.25) is 9.59 Å². The molecule has 1 aliphatic rings. The second-order valence-electron chi connectivity index (χ2n) is 5.54. The second kappa shape index (κ2) is 9.82. The van der Waals surface area contributed by atoms with Crippen molar-refractivity contribution >= 4 is 35.5 Å². The van der Waals surface area contributed by atoms with E-state index in [1.54, 1.807) is 26.0 Å². The first-order valence-electron chi connectivity index (χ1n) is 8.43. The fraction of sp³-hybridized carbons (Fsp3) is 0.389. The van der Waals surface area contributed by atoms with E-state index < -0.39 is 18.5 Å². The Kier molecular flexibility index (Phi) is 7.48. The van der Waals surface area contributed by atoms with Crippen molar-refractivity contribution in [1.29, 1.82) is 0 Å². The Labute approximate surface area is 162 Å². The van der Waals surface area contributed by atoms with Gasteiger partial charge in [0.15, 0.2) is 18.1 Å². The number of amides is 2. The number of likely N-dealkylation sites (N-methyl/N-ethyl adjacent to an activating group) is 2. The Morgan fingerprint density at radius 1 is 1.30 bits per heavy atom. The van der Waals surface area contributed by atoms with E-state index in [9.17, 15) is 14.4 Å². The van der Waals surface area contributed by atoms with Crippen molar-refractivity contribution < 1.29 is 28.6 Å². The van der Waals surface area contributed by atoms with Crippen LogP contribution in [0.15, 0.2) is 18.2 Å². The minimum Gasteiger partial charge on any atom is -0.454 e. The molecule has 1 aliphatic heterocycles. The summed E-state index contributed by atoms with van der Waals surface area (Å²) < 4.78 is 15.4. The molecule has 1 N–H and O–H groups in total. The molecule has 0 spiro atoms. The van der Waals surface area contributed by atoms with Gasteiger partial charge < -0.3 is 24.4 Å². The van der Waals surface area contributed by atoms with Gasteiger partial charge in [0.05, 0.1) is 11.6 Å². The molecule has 0 bridgehead atoms. The van der Waals surface area contributed by atoms with Gasteiger partial charge in [-0.05, 0) is 37.6 Å². The first kappa shape index (κ1) is 20.6. The summed E-state index contributed by atoms with van der Waals surface area (Å²) in [6.45, 7) is 3.91. The molecule has 0 radical (unpaired) electrons. The Hall–Kier alpha value is -2.74. The number of hydrogen-bond donors (Lipinski definition) is 1. The van der Waals surface area contributed by atoms with Crippen molar-refractivity contribution in [3.63, 3.8) is 0 Å². The lowest BCUT2D eigenvalue weighted by Gasteiger charge is -2.19.